The molecule has 2 heteroatoms. The molecule has 0 bridgehead atoms. The van der Waals surface area contributed by atoms with E-state index in [-0.39, 0.29) is 0 Å². The first-order chi connectivity index (χ1) is 3.18. The Labute approximate surface area is 51.1 Å². The van der Waals surface area contributed by atoms with E-state index in [1.54, 1.807) is 0 Å². The molecule has 0 rings (SSSR count). The fourth-order valence-corrected chi connectivity index (χ4v) is 0.365. The molecule has 0 fully saturated rings. The zero-order valence-electron chi connectivity index (χ0n) is 5.18. The van der Waals surface area contributed by atoms with Crippen LogP contribution in [0.1, 0.15) is 13.3 Å². The summed E-state index contributed by atoms with van der Waals surface area (Å²) in [7, 11) is 4.06. The van der Waals surface area contributed by atoms with Gasteiger partial charge in [-0.15, -0.1) is 0 Å². The smallest absolute Gasteiger partial charge is 0.0519 e. The van der Waals surface area contributed by atoms with Gasteiger partial charge < -0.3 is 0 Å². The van der Waals surface area contributed by atoms with Gasteiger partial charge in [-0.25, -0.2) is 0 Å². The second-order valence-corrected chi connectivity index (χ2v) is 2.45. The lowest BCUT2D eigenvalue weighted by molar-refractivity contribution is 0.378. The molecule has 0 N–H and O–H groups in total. The van der Waals surface area contributed by atoms with Crippen molar-refractivity contribution >= 4 is 12.6 Å². The van der Waals surface area contributed by atoms with Crippen molar-refractivity contribution in [2.24, 2.45) is 0 Å². The Morgan fingerprint density at radius 1 is 1.57 bits per heavy atom. The molecule has 0 radical (unpaired) electrons. The quantitative estimate of drug-likeness (QED) is 0.422. The van der Waals surface area contributed by atoms with Crippen LogP contribution in [0.5, 0.6) is 0 Å². The Bertz CT molecular complexity index is 45.3. The zero-order chi connectivity index (χ0) is 5.86. The first-order valence-corrected chi connectivity index (χ1v) is 3.04. The lowest BCUT2D eigenvalue weighted by atomic mass is 10.4. The molecular weight excluding hydrogens is 106 g/mol. The molecule has 0 aliphatic heterocycles. The van der Waals surface area contributed by atoms with E-state index >= 15 is 0 Å². The molecule has 0 saturated carbocycles. The average molecular weight is 119 g/mol. The van der Waals surface area contributed by atoms with E-state index in [2.05, 4.69) is 24.5 Å². The fraction of sp³-hybridized carbons (Fsp3) is 1.00. The third-order valence-electron chi connectivity index (χ3n) is 0.961. The van der Waals surface area contributed by atoms with Crippen LogP contribution in [0.3, 0.4) is 0 Å². The highest BCUT2D eigenvalue weighted by atomic mass is 32.1. The average Bonchev–Trinajstić information content (AvgIpc) is 1.65. The molecule has 0 aliphatic rings. The minimum absolute atomic E-state index is 0.431. The van der Waals surface area contributed by atoms with Crippen LogP contribution in [0.2, 0.25) is 0 Å². The second kappa shape index (κ2) is 3.33. The van der Waals surface area contributed by atoms with Gasteiger partial charge in [0.1, 0.15) is 0 Å². The normalized spacial score (nSPS) is 15.0. The summed E-state index contributed by atoms with van der Waals surface area (Å²) in [5, 5.41) is 0.431. The van der Waals surface area contributed by atoms with E-state index < -0.39 is 0 Å². The van der Waals surface area contributed by atoms with Gasteiger partial charge >= 0.3 is 0 Å². The summed E-state index contributed by atoms with van der Waals surface area (Å²) in [5.41, 5.74) is 0. The second-order valence-electron chi connectivity index (χ2n) is 1.85. The Balaban J connectivity index is 3.14. The third-order valence-corrected chi connectivity index (χ3v) is 1.79. The fourth-order valence-electron chi connectivity index (χ4n) is 0.365. The molecule has 0 aromatic rings. The Morgan fingerprint density at radius 2 is 2.00 bits per heavy atom. The van der Waals surface area contributed by atoms with Crippen molar-refractivity contribution in [3.63, 3.8) is 0 Å². The van der Waals surface area contributed by atoms with Gasteiger partial charge in [0.15, 0.2) is 0 Å². The minimum atomic E-state index is 0.431. The first kappa shape index (κ1) is 7.31. The highest BCUT2D eigenvalue weighted by molar-refractivity contribution is 7.80. The molecule has 1 atom stereocenters. The molecule has 44 valence electrons. The predicted molar refractivity (Wildman–Crippen MR) is 36.8 cm³/mol. The molecule has 0 aliphatic carbocycles. The molecular formula is C5H13NS. The summed E-state index contributed by atoms with van der Waals surface area (Å²) >= 11 is 4.25. The van der Waals surface area contributed by atoms with Gasteiger partial charge in [-0.2, -0.15) is 12.6 Å². The van der Waals surface area contributed by atoms with Crippen LogP contribution in [0, 0.1) is 0 Å². The van der Waals surface area contributed by atoms with Crippen LogP contribution in [0.4, 0.5) is 0 Å². The van der Waals surface area contributed by atoms with Crippen LogP contribution in [0.25, 0.3) is 0 Å². The topological polar surface area (TPSA) is 3.24 Å². The Morgan fingerprint density at radius 3 is 2.00 bits per heavy atom. The molecule has 0 saturated heterocycles. The third kappa shape index (κ3) is 2.94. The van der Waals surface area contributed by atoms with Gasteiger partial charge in [0, 0.05) is 0 Å². The summed E-state index contributed by atoms with van der Waals surface area (Å²) in [4.78, 5) is 2.09. The maximum absolute atomic E-state index is 4.25. The number of hydrogen-bond acceptors (Lipinski definition) is 2. The molecule has 0 aromatic carbocycles. The predicted octanol–water partition coefficient (Wildman–Crippen LogP) is 1.21. The number of rotatable bonds is 2. The number of nitrogens with zero attached hydrogens (tertiary/aromatic N) is 1. The van der Waals surface area contributed by atoms with E-state index in [4.69, 9.17) is 0 Å². The van der Waals surface area contributed by atoms with Crippen molar-refractivity contribution in [3.05, 3.63) is 0 Å². The van der Waals surface area contributed by atoms with Gasteiger partial charge in [0.05, 0.1) is 5.37 Å². The van der Waals surface area contributed by atoms with Crippen LogP contribution in [0.15, 0.2) is 0 Å². The lowest BCUT2D eigenvalue weighted by Crippen LogP contribution is -2.20. The minimum Gasteiger partial charge on any atom is -0.298 e. The highest BCUT2D eigenvalue weighted by Crippen LogP contribution is 2.00. The van der Waals surface area contributed by atoms with Gasteiger partial charge in [0.25, 0.3) is 0 Å². The van der Waals surface area contributed by atoms with E-state index in [0.29, 0.717) is 5.37 Å². The lowest BCUT2D eigenvalue weighted by Gasteiger charge is -2.15. The van der Waals surface area contributed by atoms with Gasteiger partial charge in [-0.1, -0.05) is 6.92 Å². The molecule has 0 spiro atoms. The largest absolute Gasteiger partial charge is 0.298 e. The van der Waals surface area contributed by atoms with Crippen LogP contribution < -0.4 is 0 Å². The van der Waals surface area contributed by atoms with Crippen LogP contribution in [-0.4, -0.2) is 24.4 Å². The summed E-state index contributed by atoms with van der Waals surface area (Å²) in [6, 6.07) is 0. The maximum atomic E-state index is 4.25. The molecule has 1 nitrogen and oxygen atoms in total. The molecule has 0 heterocycles. The van der Waals surface area contributed by atoms with Gasteiger partial charge in [0.2, 0.25) is 0 Å². The Kier molecular flexibility index (Phi) is 3.48. The van der Waals surface area contributed by atoms with Crippen LogP contribution in [-0.2, 0) is 0 Å². The summed E-state index contributed by atoms with van der Waals surface area (Å²) in [5.74, 6) is 0. The Hall–Kier alpha value is 0.310. The monoisotopic (exact) mass is 119 g/mol. The van der Waals surface area contributed by atoms with Crippen molar-refractivity contribution in [2.45, 2.75) is 18.7 Å². The summed E-state index contributed by atoms with van der Waals surface area (Å²) in [6.45, 7) is 2.12. The van der Waals surface area contributed by atoms with Crippen LogP contribution >= 0.6 is 12.6 Å². The van der Waals surface area contributed by atoms with E-state index in [1.165, 1.54) is 0 Å². The summed E-state index contributed by atoms with van der Waals surface area (Å²) in [6.07, 6.45) is 1.11. The SMILES string of the molecule is CC[C@@H](S)N(C)C. The van der Waals surface area contributed by atoms with Gasteiger partial charge in [-0.05, 0) is 20.5 Å². The molecule has 7 heavy (non-hydrogen) atoms. The van der Waals surface area contributed by atoms with E-state index in [1.807, 2.05) is 14.1 Å². The maximum Gasteiger partial charge on any atom is 0.0519 e. The molecule has 0 aromatic heterocycles. The molecule has 0 amide bonds. The van der Waals surface area contributed by atoms with Crippen molar-refractivity contribution in [1.82, 2.24) is 4.90 Å². The van der Waals surface area contributed by atoms with E-state index in [0.717, 1.165) is 6.42 Å². The van der Waals surface area contributed by atoms with Crippen molar-refractivity contribution < 1.29 is 0 Å². The number of thiol groups is 1. The van der Waals surface area contributed by atoms with E-state index in [9.17, 15) is 0 Å². The molecule has 0 unspecified atom stereocenters. The highest BCUT2D eigenvalue weighted by Gasteiger charge is 1.98. The van der Waals surface area contributed by atoms with Crippen molar-refractivity contribution in [1.29, 1.82) is 0 Å². The number of hydrogen-bond donors (Lipinski definition) is 1. The first-order valence-electron chi connectivity index (χ1n) is 2.53. The van der Waals surface area contributed by atoms with Crippen molar-refractivity contribution in [3.8, 4) is 0 Å². The standard InChI is InChI=1S/C5H13NS/c1-4-5(7)6(2)3/h5,7H,4H2,1-3H3/t5-/m1/s1. The summed E-state index contributed by atoms with van der Waals surface area (Å²) < 4.78 is 0. The van der Waals surface area contributed by atoms with Gasteiger partial charge in [-0.3, -0.25) is 4.90 Å². The zero-order valence-corrected chi connectivity index (χ0v) is 6.07. The van der Waals surface area contributed by atoms with Crippen molar-refractivity contribution in [2.75, 3.05) is 14.1 Å².